The second-order valence-corrected chi connectivity index (χ2v) is 4.82. The number of aliphatic hydroxyl groups excluding tert-OH is 1. The van der Waals surface area contributed by atoms with Crippen LogP contribution in [0.15, 0.2) is 36.4 Å². The van der Waals surface area contributed by atoms with Crippen LogP contribution in [0.4, 0.5) is 8.78 Å². The van der Waals surface area contributed by atoms with Crippen LogP contribution in [0.2, 0.25) is 5.02 Å². The minimum Gasteiger partial charge on any atom is -0.488 e. The summed E-state index contributed by atoms with van der Waals surface area (Å²) < 4.78 is 31.8. The van der Waals surface area contributed by atoms with Gasteiger partial charge in [-0.15, -0.1) is 0 Å². The molecule has 0 unspecified atom stereocenters. The van der Waals surface area contributed by atoms with Crippen molar-refractivity contribution >= 4 is 11.6 Å². The molecule has 2 rings (SSSR count). The van der Waals surface area contributed by atoms with E-state index in [1.807, 2.05) is 0 Å². The highest BCUT2D eigenvalue weighted by molar-refractivity contribution is 6.30. The third kappa shape index (κ3) is 3.46. The van der Waals surface area contributed by atoms with Gasteiger partial charge in [0.05, 0.1) is 6.10 Å². The number of ether oxygens (including phenoxy) is 1. The molecule has 20 heavy (non-hydrogen) atoms. The molecule has 0 bridgehead atoms. The minimum absolute atomic E-state index is 0.0620. The Bertz CT molecular complexity index is 615. The van der Waals surface area contributed by atoms with Gasteiger partial charge in [-0.25, -0.2) is 8.78 Å². The normalized spacial score (nSPS) is 12.2. The smallest absolute Gasteiger partial charge is 0.132 e. The molecule has 1 N–H and O–H groups in total. The van der Waals surface area contributed by atoms with Crippen molar-refractivity contribution in [2.75, 3.05) is 0 Å². The number of rotatable bonds is 4. The van der Waals surface area contributed by atoms with Crippen LogP contribution in [0.5, 0.6) is 5.75 Å². The van der Waals surface area contributed by atoms with E-state index in [9.17, 15) is 13.9 Å². The molecule has 5 heteroatoms. The van der Waals surface area contributed by atoms with E-state index in [4.69, 9.17) is 16.3 Å². The number of halogens is 3. The van der Waals surface area contributed by atoms with Crippen LogP contribution in [0, 0.1) is 11.6 Å². The molecule has 2 nitrogen and oxygen atoms in total. The highest BCUT2D eigenvalue weighted by Gasteiger charge is 2.11. The lowest BCUT2D eigenvalue weighted by Gasteiger charge is -2.14. The van der Waals surface area contributed by atoms with E-state index in [2.05, 4.69) is 0 Å². The Morgan fingerprint density at radius 2 is 1.95 bits per heavy atom. The van der Waals surface area contributed by atoms with Crippen LogP contribution in [-0.2, 0) is 6.61 Å². The molecular weight excluding hydrogens is 286 g/mol. The molecule has 0 aliphatic heterocycles. The summed E-state index contributed by atoms with van der Waals surface area (Å²) in [6.45, 7) is 1.52. The molecule has 0 radical (unpaired) electrons. The molecule has 1 atom stereocenters. The fraction of sp³-hybridized carbons (Fsp3) is 0.200. The summed E-state index contributed by atoms with van der Waals surface area (Å²) in [7, 11) is 0. The fourth-order valence-corrected chi connectivity index (χ4v) is 1.95. The summed E-state index contributed by atoms with van der Waals surface area (Å²) in [4.78, 5) is 0. The summed E-state index contributed by atoms with van der Waals surface area (Å²) in [5.74, 6) is -0.895. The van der Waals surface area contributed by atoms with E-state index in [0.717, 1.165) is 6.07 Å². The zero-order valence-corrected chi connectivity index (χ0v) is 11.5. The van der Waals surface area contributed by atoms with Crippen LogP contribution >= 0.6 is 11.6 Å². The van der Waals surface area contributed by atoms with Crippen molar-refractivity contribution in [3.8, 4) is 5.75 Å². The fourth-order valence-electron chi connectivity index (χ4n) is 1.77. The first-order valence-electron chi connectivity index (χ1n) is 6.01. The molecule has 2 aromatic carbocycles. The molecule has 0 amide bonds. The number of hydrogen-bond acceptors (Lipinski definition) is 2. The lowest BCUT2D eigenvalue weighted by Crippen LogP contribution is -2.03. The third-order valence-corrected chi connectivity index (χ3v) is 3.06. The molecule has 0 saturated carbocycles. The summed E-state index contributed by atoms with van der Waals surface area (Å²) in [6, 6.07) is 8.09. The maximum Gasteiger partial charge on any atom is 0.132 e. The Morgan fingerprint density at radius 1 is 1.20 bits per heavy atom. The van der Waals surface area contributed by atoms with E-state index < -0.39 is 17.7 Å². The number of aliphatic hydroxyl groups is 1. The highest BCUT2D eigenvalue weighted by atomic mass is 35.5. The third-order valence-electron chi connectivity index (χ3n) is 2.82. The zero-order valence-electron chi connectivity index (χ0n) is 10.7. The lowest BCUT2D eigenvalue weighted by atomic mass is 10.1. The van der Waals surface area contributed by atoms with Crippen molar-refractivity contribution in [1.82, 2.24) is 0 Å². The molecular formula is C15H13ClF2O2. The van der Waals surface area contributed by atoms with Gasteiger partial charge in [0, 0.05) is 22.2 Å². The lowest BCUT2D eigenvalue weighted by molar-refractivity contribution is 0.190. The first-order valence-corrected chi connectivity index (χ1v) is 6.39. The second-order valence-electron chi connectivity index (χ2n) is 4.38. The van der Waals surface area contributed by atoms with Crippen molar-refractivity contribution in [3.05, 3.63) is 64.2 Å². The Kier molecular flexibility index (Phi) is 4.57. The van der Waals surface area contributed by atoms with Crippen molar-refractivity contribution in [1.29, 1.82) is 0 Å². The minimum atomic E-state index is -0.762. The monoisotopic (exact) mass is 298 g/mol. The molecule has 0 aliphatic rings. The van der Waals surface area contributed by atoms with Gasteiger partial charge < -0.3 is 9.84 Å². The Labute approximate surface area is 120 Å². The Balaban J connectivity index is 2.18. The van der Waals surface area contributed by atoms with Gasteiger partial charge in [0.25, 0.3) is 0 Å². The van der Waals surface area contributed by atoms with Crippen molar-refractivity contribution < 1.29 is 18.6 Å². The average molecular weight is 299 g/mol. The summed E-state index contributed by atoms with van der Waals surface area (Å²) in [5.41, 5.74) is 0.748. The van der Waals surface area contributed by atoms with Gasteiger partial charge in [-0.3, -0.25) is 0 Å². The SMILES string of the molecule is C[C@@H](O)c1cc(Cl)ccc1OCc1ccc(F)cc1F. The zero-order chi connectivity index (χ0) is 14.7. The summed E-state index contributed by atoms with van der Waals surface area (Å²) in [6.07, 6.45) is -0.762. The van der Waals surface area contributed by atoms with Crippen molar-refractivity contribution in [3.63, 3.8) is 0 Å². The first-order chi connectivity index (χ1) is 9.47. The maximum absolute atomic E-state index is 13.5. The quantitative estimate of drug-likeness (QED) is 0.914. The van der Waals surface area contributed by atoms with E-state index in [-0.39, 0.29) is 12.2 Å². The molecule has 0 saturated heterocycles. The highest BCUT2D eigenvalue weighted by Crippen LogP contribution is 2.29. The molecule has 0 spiro atoms. The van der Waals surface area contributed by atoms with Gasteiger partial charge >= 0.3 is 0 Å². The van der Waals surface area contributed by atoms with Crippen molar-refractivity contribution in [2.45, 2.75) is 19.6 Å². The first kappa shape index (κ1) is 14.8. The van der Waals surface area contributed by atoms with Gasteiger partial charge in [0.1, 0.15) is 24.0 Å². The van der Waals surface area contributed by atoms with Crippen LogP contribution in [0.3, 0.4) is 0 Å². The summed E-state index contributed by atoms with van der Waals surface area (Å²) in [5, 5.41) is 10.1. The van der Waals surface area contributed by atoms with E-state index in [1.165, 1.54) is 12.1 Å². The molecule has 0 aliphatic carbocycles. The Morgan fingerprint density at radius 3 is 2.60 bits per heavy atom. The van der Waals surface area contributed by atoms with E-state index in [1.54, 1.807) is 25.1 Å². The van der Waals surface area contributed by atoms with Crippen molar-refractivity contribution in [2.24, 2.45) is 0 Å². The molecule has 106 valence electrons. The van der Waals surface area contributed by atoms with Gasteiger partial charge in [0.2, 0.25) is 0 Å². The van der Waals surface area contributed by atoms with Crippen LogP contribution < -0.4 is 4.74 Å². The van der Waals surface area contributed by atoms with Crippen LogP contribution in [0.25, 0.3) is 0 Å². The standard InChI is InChI=1S/C15H13ClF2O2/c1-9(19)13-6-11(16)3-5-15(13)20-8-10-2-4-12(17)7-14(10)18/h2-7,9,19H,8H2,1H3/t9-/m1/s1. The van der Waals surface area contributed by atoms with Gasteiger partial charge in [-0.05, 0) is 37.3 Å². The molecule has 2 aromatic rings. The molecule has 0 fully saturated rings. The van der Waals surface area contributed by atoms with Crippen LogP contribution in [0.1, 0.15) is 24.2 Å². The average Bonchev–Trinajstić information content (AvgIpc) is 2.38. The predicted molar refractivity (Wildman–Crippen MR) is 72.8 cm³/mol. The van der Waals surface area contributed by atoms with E-state index in [0.29, 0.717) is 16.3 Å². The van der Waals surface area contributed by atoms with Gasteiger partial charge in [0.15, 0.2) is 0 Å². The predicted octanol–water partition coefficient (Wildman–Crippen LogP) is 4.25. The Hall–Kier alpha value is -1.65. The second kappa shape index (κ2) is 6.20. The topological polar surface area (TPSA) is 29.5 Å². The largest absolute Gasteiger partial charge is 0.488 e. The van der Waals surface area contributed by atoms with Gasteiger partial charge in [-0.2, -0.15) is 0 Å². The van der Waals surface area contributed by atoms with Gasteiger partial charge in [-0.1, -0.05) is 11.6 Å². The van der Waals surface area contributed by atoms with E-state index >= 15 is 0 Å². The summed E-state index contributed by atoms with van der Waals surface area (Å²) >= 11 is 5.85. The molecule has 0 heterocycles. The number of benzene rings is 2. The van der Waals surface area contributed by atoms with Crippen LogP contribution in [-0.4, -0.2) is 5.11 Å². The molecule has 0 aromatic heterocycles. The maximum atomic E-state index is 13.5. The number of hydrogen-bond donors (Lipinski definition) is 1.